The highest BCUT2D eigenvalue weighted by Crippen LogP contribution is 2.53. The number of phenols is 2. The number of hydrogen-bond acceptors (Lipinski definition) is 12. The second-order valence-corrected chi connectivity index (χ2v) is 26.1. The fourth-order valence-electron chi connectivity index (χ4n) is 16.6. The molecule has 10 aromatic carbocycles. The lowest BCUT2D eigenvalue weighted by Crippen LogP contribution is -2.46. The van der Waals surface area contributed by atoms with Gasteiger partial charge in [0.25, 0.3) is 47.3 Å². The van der Waals surface area contributed by atoms with Crippen molar-refractivity contribution in [1.82, 2.24) is 29.6 Å². The lowest BCUT2D eigenvalue weighted by atomic mass is 9.80. The van der Waals surface area contributed by atoms with Crippen molar-refractivity contribution >= 4 is 133 Å². The smallest absolute Gasteiger partial charge is 0.261 e. The number of imide groups is 4. The third-order valence-corrected chi connectivity index (χ3v) is 21.5. The van der Waals surface area contributed by atoms with Crippen molar-refractivity contribution in [2.75, 3.05) is 0 Å². The number of fused-ring (bicyclic) bond motifs is 4. The Morgan fingerprint density at radius 1 is 0.296 bits per heavy atom. The largest absolute Gasteiger partial charge is 0.507 e. The molecule has 0 aliphatic carbocycles. The first kappa shape index (κ1) is 61.3. The van der Waals surface area contributed by atoms with E-state index in [4.69, 9.17) is 9.97 Å². The molecule has 0 spiro atoms. The molecular formula is C82H64N6O10. The number of hydrogen-bond donors (Lipinski definition) is 2. The van der Waals surface area contributed by atoms with Crippen LogP contribution in [0.2, 0.25) is 0 Å². The van der Waals surface area contributed by atoms with Crippen molar-refractivity contribution < 1.29 is 48.6 Å². The van der Waals surface area contributed by atoms with Gasteiger partial charge in [-0.05, 0) is 146 Å². The first-order chi connectivity index (χ1) is 47.5. The molecule has 0 unspecified atom stereocenters. The van der Waals surface area contributed by atoms with Gasteiger partial charge >= 0.3 is 0 Å². The topological polar surface area (TPSA) is 216 Å². The minimum Gasteiger partial charge on any atom is -0.507 e. The SMILES string of the molecule is CCC(CC)N1C(=O)c2ccc3c4c(C#Cc5ccc(-c6ccc(C#Cc7cc8c9c(ccc%10c%11c(O)cc%12c%13c(ccc(c7c9%10)c%13%11)C(=O)N(C(CC)CC)C%12=O)C(=O)N(C(CC)CC)C8=O)cn6)nc5)cc5c6c(ccc(c7c(O)cc(c2c37)C1=O)c64)C(=O)N(C(CC)CC)C5=O. The van der Waals surface area contributed by atoms with Gasteiger partial charge in [0.05, 0.1) is 22.5 Å². The number of rotatable bonds is 13. The molecule has 0 radical (unpaired) electrons. The zero-order valence-electron chi connectivity index (χ0n) is 55.2. The summed E-state index contributed by atoms with van der Waals surface area (Å²) in [6, 6.07) is 26.1. The van der Waals surface area contributed by atoms with Gasteiger partial charge in [-0.2, -0.15) is 0 Å². The lowest BCUT2D eigenvalue weighted by Gasteiger charge is -2.35. The first-order valence-electron chi connectivity index (χ1n) is 33.9. The Morgan fingerprint density at radius 3 is 0.816 bits per heavy atom. The summed E-state index contributed by atoms with van der Waals surface area (Å²) >= 11 is 0. The Labute approximate surface area is 562 Å². The summed E-state index contributed by atoms with van der Waals surface area (Å²) in [5, 5.41) is 32.3. The van der Waals surface area contributed by atoms with Gasteiger partial charge in [-0.25, -0.2) is 0 Å². The van der Waals surface area contributed by atoms with E-state index >= 15 is 0 Å². The molecular weight excluding hydrogens is 1230 g/mol. The number of benzene rings is 10. The molecule has 12 aromatic rings. The third-order valence-electron chi connectivity index (χ3n) is 21.5. The molecule has 2 aromatic heterocycles. The fourth-order valence-corrected chi connectivity index (χ4v) is 16.6. The van der Waals surface area contributed by atoms with E-state index in [1.165, 1.54) is 31.7 Å². The van der Waals surface area contributed by atoms with Crippen LogP contribution in [0.3, 0.4) is 0 Å². The van der Waals surface area contributed by atoms with Crippen molar-refractivity contribution in [3.8, 4) is 46.6 Å². The van der Waals surface area contributed by atoms with E-state index in [-0.39, 0.29) is 46.8 Å². The quantitative estimate of drug-likeness (QED) is 0.0477. The molecule has 482 valence electrons. The van der Waals surface area contributed by atoms with Gasteiger partial charge in [0.2, 0.25) is 0 Å². The number of amides is 8. The summed E-state index contributed by atoms with van der Waals surface area (Å²) in [7, 11) is 0. The van der Waals surface area contributed by atoms with Crippen LogP contribution in [0.4, 0.5) is 0 Å². The third kappa shape index (κ3) is 8.27. The minimum absolute atomic E-state index is 0.177. The van der Waals surface area contributed by atoms with Crippen LogP contribution < -0.4 is 0 Å². The van der Waals surface area contributed by atoms with E-state index in [0.717, 1.165) is 0 Å². The normalized spacial score (nSPS) is 14.6. The summed E-state index contributed by atoms with van der Waals surface area (Å²) in [5.41, 5.74) is 5.33. The van der Waals surface area contributed by atoms with Gasteiger partial charge in [0.1, 0.15) is 11.5 Å². The summed E-state index contributed by atoms with van der Waals surface area (Å²) in [5.74, 6) is 9.46. The molecule has 0 fully saturated rings. The van der Waals surface area contributed by atoms with Gasteiger partial charge in [-0.3, -0.25) is 67.9 Å². The number of phenolic OH excluding ortho intramolecular Hbond substituents is 2. The molecule has 2 N–H and O–H groups in total. The molecule has 6 heterocycles. The zero-order valence-corrected chi connectivity index (χ0v) is 55.2. The summed E-state index contributed by atoms with van der Waals surface area (Å²) < 4.78 is 0. The minimum atomic E-state index is -0.490. The maximum absolute atomic E-state index is 14.9. The second kappa shape index (κ2) is 22.5. The summed E-state index contributed by atoms with van der Waals surface area (Å²) in [6.45, 7) is 15.5. The van der Waals surface area contributed by atoms with Crippen LogP contribution in [0, 0.1) is 23.7 Å². The predicted octanol–water partition coefficient (Wildman–Crippen LogP) is 15.6. The van der Waals surface area contributed by atoms with Crippen LogP contribution in [-0.2, 0) is 0 Å². The van der Waals surface area contributed by atoms with E-state index < -0.39 is 47.3 Å². The van der Waals surface area contributed by atoms with E-state index in [0.29, 0.717) is 205 Å². The van der Waals surface area contributed by atoms with Crippen LogP contribution >= 0.6 is 0 Å². The van der Waals surface area contributed by atoms with Crippen molar-refractivity contribution in [2.45, 2.75) is 131 Å². The number of aromatic nitrogens is 2. The van der Waals surface area contributed by atoms with Crippen LogP contribution in [0.25, 0.3) is 97.6 Å². The van der Waals surface area contributed by atoms with Crippen molar-refractivity contribution in [3.05, 3.63) is 176 Å². The van der Waals surface area contributed by atoms with Crippen LogP contribution in [0.1, 0.15) is 212 Å². The zero-order chi connectivity index (χ0) is 68.3. The molecule has 16 rings (SSSR count). The molecule has 16 nitrogen and oxygen atoms in total. The Morgan fingerprint density at radius 2 is 0.551 bits per heavy atom. The fraction of sp³-hybridized carbons (Fsp3) is 0.244. The molecule has 0 saturated carbocycles. The average Bonchev–Trinajstić information content (AvgIpc) is 0.687. The standard InChI is InChI=1S/C82H64N6O10/c1-9-43(10-2)85-75(91)51-29-25-49-69-61(89)35-57-67-53(77(93)87(81(57)97)45(13-5)14-6)27-23-47(73(67)69)63-41(33-55(79(85)95)65(51)71(49)63)21-17-39-19-31-59(83-37-39)60-32-20-40(38-84-60)18-22-42-34-56-66-52(76(92)86(80(56)96)44(11-3)12-4)30-26-50-70-62(90)36-58-68-54(28-24-48(74(68)70)64(42)72(50)66)78(94)88(82(58)98)46(15-7)16-8/h19-20,23-38,43-46,89-90H,9-16H2,1-8H3. The van der Waals surface area contributed by atoms with Gasteiger partial charge in [0, 0.05) is 157 Å². The molecule has 4 aliphatic rings. The van der Waals surface area contributed by atoms with Crippen molar-refractivity contribution in [1.29, 1.82) is 0 Å². The monoisotopic (exact) mass is 1290 g/mol. The first-order valence-corrected chi connectivity index (χ1v) is 33.9. The predicted molar refractivity (Wildman–Crippen MR) is 378 cm³/mol. The van der Waals surface area contributed by atoms with E-state index in [1.54, 1.807) is 73.1 Å². The van der Waals surface area contributed by atoms with E-state index in [2.05, 4.69) is 23.7 Å². The van der Waals surface area contributed by atoms with Gasteiger partial charge in [-0.1, -0.05) is 103 Å². The van der Waals surface area contributed by atoms with E-state index in [1.807, 2.05) is 79.7 Å². The van der Waals surface area contributed by atoms with Gasteiger partial charge in [0.15, 0.2) is 0 Å². The Hall–Kier alpha value is -11.6. The Bertz CT molecular complexity index is 5460. The molecule has 98 heavy (non-hydrogen) atoms. The highest BCUT2D eigenvalue weighted by molar-refractivity contribution is 6.45. The van der Waals surface area contributed by atoms with Crippen molar-refractivity contribution in [2.24, 2.45) is 0 Å². The van der Waals surface area contributed by atoms with Crippen LogP contribution in [0.15, 0.2) is 109 Å². The number of carbonyl (C=O) groups is 8. The maximum Gasteiger partial charge on any atom is 0.261 e. The van der Waals surface area contributed by atoms with Gasteiger partial charge in [-0.15, -0.1) is 0 Å². The van der Waals surface area contributed by atoms with Crippen LogP contribution in [0.5, 0.6) is 11.5 Å². The molecule has 0 bridgehead atoms. The highest BCUT2D eigenvalue weighted by Gasteiger charge is 2.44. The Kier molecular flexibility index (Phi) is 14.1. The number of aromatic hydroxyl groups is 2. The van der Waals surface area contributed by atoms with Crippen LogP contribution in [-0.4, -0.2) is 111 Å². The molecule has 0 atom stereocenters. The number of carbonyl (C=O) groups excluding carboxylic acids is 8. The van der Waals surface area contributed by atoms with Crippen molar-refractivity contribution in [3.63, 3.8) is 0 Å². The average molecular weight is 1290 g/mol. The highest BCUT2D eigenvalue weighted by atomic mass is 16.3. The molecule has 4 aliphatic heterocycles. The van der Waals surface area contributed by atoms with E-state index in [9.17, 15) is 48.6 Å². The molecule has 16 heteroatoms. The van der Waals surface area contributed by atoms with Gasteiger partial charge < -0.3 is 10.2 Å². The number of pyridine rings is 2. The maximum atomic E-state index is 14.9. The summed E-state index contributed by atoms with van der Waals surface area (Å²) in [4.78, 5) is 132. The molecule has 8 amide bonds. The Balaban J connectivity index is 0.803. The summed E-state index contributed by atoms with van der Waals surface area (Å²) in [6.07, 6.45) is 7.66. The molecule has 0 saturated heterocycles. The number of nitrogens with zero attached hydrogens (tertiary/aromatic N) is 6. The lowest BCUT2D eigenvalue weighted by molar-refractivity contribution is 0.0514. The second-order valence-electron chi connectivity index (χ2n) is 26.1.